The quantitative estimate of drug-likeness (QED) is 0.0190. The lowest BCUT2D eigenvalue weighted by molar-refractivity contribution is -0.332. The minimum Gasteiger partial charge on any atom is -0.462 e. The standard InChI is InChI=1S/C52H88O15/c1-3-5-7-9-11-13-15-17-19-20-21-23-24-26-28-30-32-34-43(54)62-37-40(65-44(55)35-33-31-29-27-25-22-18-16-14-12-10-8-6-4-2)38-63-51-50(61)48(59)46(57)42(67-51)39-64-52-49(60)47(58)45(56)41(36-53)66-52/h10,12,16-19,21,23,26,28,40-42,45-53,56-61H,3-9,11,13-15,20,22,24-25,27,29-39H2,1-2H3/b12-10+,18-16+,19-17+,23-21+,28-26+/t40-,41+,42+,45-,46-,47?,48?,49?,50?,51+,52+/m0/s1. The van der Waals surface area contributed by atoms with Crippen molar-refractivity contribution in [2.75, 3.05) is 26.4 Å². The van der Waals surface area contributed by atoms with Crippen molar-refractivity contribution in [3.63, 3.8) is 0 Å². The van der Waals surface area contributed by atoms with Crippen molar-refractivity contribution >= 4 is 11.9 Å². The number of hydrogen-bond donors (Lipinski definition) is 7. The number of unbranched alkanes of at least 4 members (excludes halogenated alkanes) is 14. The molecule has 15 nitrogen and oxygen atoms in total. The maximum absolute atomic E-state index is 13.0. The predicted molar refractivity (Wildman–Crippen MR) is 256 cm³/mol. The first-order valence-corrected chi connectivity index (χ1v) is 25.4. The van der Waals surface area contributed by atoms with E-state index in [1.807, 2.05) is 6.08 Å². The number of carbonyl (C=O) groups excluding carboxylic acids is 2. The van der Waals surface area contributed by atoms with E-state index in [1.54, 1.807) is 0 Å². The highest BCUT2D eigenvalue weighted by Crippen LogP contribution is 2.26. The average molecular weight is 953 g/mol. The normalized spacial score (nSPS) is 26.5. The monoisotopic (exact) mass is 953 g/mol. The van der Waals surface area contributed by atoms with Crippen LogP contribution in [0.1, 0.15) is 162 Å². The van der Waals surface area contributed by atoms with Gasteiger partial charge in [0.1, 0.15) is 55.4 Å². The van der Waals surface area contributed by atoms with Crippen LogP contribution in [0.2, 0.25) is 0 Å². The second kappa shape index (κ2) is 39.0. The average Bonchev–Trinajstić information content (AvgIpc) is 3.32. The van der Waals surface area contributed by atoms with Crippen molar-refractivity contribution < 1.29 is 73.8 Å². The highest BCUT2D eigenvalue weighted by atomic mass is 16.7. The van der Waals surface area contributed by atoms with Crippen molar-refractivity contribution in [3.05, 3.63) is 60.8 Å². The zero-order valence-electron chi connectivity index (χ0n) is 40.6. The van der Waals surface area contributed by atoms with E-state index in [4.69, 9.17) is 28.4 Å². The van der Waals surface area contributed by atoms with Gasteiger partial charge in [-0.05, 0) is 70.6 Å². The molecule has 2 fully saturated rings. The molecule has 0 aliphatic carbocycles. The smallest absolute Gasteiger partial charge is 0.306 e. The summed E-state index contributed by atoms with van der Waals surface area (Å²) in [6.45, 7) is 2.46. The summed E-state index contributed by atoms with van der Waals surface area (Å²) in [5, 5.41) is 72.0. The number of aliphatic hydroxyl groups is 7. The summed E-state index contributed by atoms with van der Waals surface area (Å²) < 4.78 is 33.5. The summed E-state index contributed by atoms with van der Waals surface area (Å²) >= 11 is 0. The van der Waals surface area contributed by atoms with Gasteiger partial charge in [-0.3, -0.25) is 9.59 Å². The van der Waals surface area contributed by atoms with Gasteiger partial charge >= 0.3 is 11.9 Å². The molecule has 7 N–H and O–H groups in total. The van der Waals surface area contributed by atoms with Gasteiger partial charge < -0.3 is 64.2 Å². The molecular formula is C52H88O15. The van der Waals surface area contributed by atoms with Crippen LogP contribution < -0.4 is 0 Å². The van der Waals surface area contributed by atoms with Crippen LogP contribution >= 0.6 is 0 Å². The molecule has 67 heavy (non-hydrogen) atoms. The molecule has 2 aliphatic rings. The number of rotatable bonds is 38. The van der Waals surface area contributed by atoms with Crippen LogP contribution in [0.3, 0.4) is 0 Å². The van der Waals surface area contributed by atoms with Crippen molar-refractivity contribution in [2.24, 2.45) is 0 Å². The topological polar surface area (TPSA) is 231 Å². The Hall–Kier alpha value is -2.80. The van der Waals surface area contributed by atoms with Gasteiger partial charge in [0.2, 0.25) is 0 Å². The largest absolute Gasteiger partial charge is 0.462 e. The molecule has 4 unspecified atom stereocenters. The van der Waals surface area contributed by atoms with E-state index in [0.717, 1.165) is 64.2 Å². The second-order valence-corrected chi connectivity index (χ2v) is 17.6. The summed E-state index contributed by atoms with van der Waals surface area (Å²) in [4.78, 5) is 25.7. The third-order valence-corrected chi connectivity index (χ3v) is 11.7. The summed E-state index contributed by atoms with van der Waals surface area (Å²) in [6.07, 6.45) is 26.8. The zero-order chi connectivity index (χ0) is 48.9. The molecule has 15 heteroatoms. The Kier molecular flexibility index (Phi) is 35.1. The van der Waals surface area contributed by atoms with Crippen molar-refractivity contribution in [1.82, 2.24) is 0 Å². The fraction of sp³-hybridized carbons (Fsp3) is 0.769. The lowest BCUT2D eigenvalue weighted by Crippen LogP contribution is -2.61. The fourth-order valence-corrected chi connectivity index (χ4v) is 7.48. The SMILES string of the molecule is CCCC/C=C/C/C=C/CCCCCCCC(=O)O[C@@H](COC(=O)CCC/C=C/C/C=C/C/C=C/CCCCCCCC)CO[C@@H]1O[C@H](CO[C@@H]2O[C@H](CO)[C@H](O)C(O)C2O)[C@H](O)C(O)C1O. The van der Waals surface area contributed by atoms with Gasteiger partial charge in [-0.15, -0.1) is 0 Å². The van der Waals surface area contributed by atoms with Crippen LogP contribution in [0.5, 0.6) is 0 Å². The third kappa shape index (κ3) is 27.3. The minimum absolute atomic E-state index is 0.136. The lowest BCUT2D eigenvalue weighted by Gasteiger charge is -2.42. The molecule has 0 aromatic carbocycles. The zero-order valence-corrected chi connectivity index (χ0v) is 40.6. The van der Waals surface area contributed by atoms with Gasteiger partial charge in [0.05, 0.1) is 19.8 Å². The minimum atomic E-state index is -1.78. The van der Waals surface area contributed by atoms with E-state index in [9.17, 15) is 45.3 Å². The first-order valence-electron chi connectivity index (χ1n) is 25.4. The van der Waals surface area contributed by atoms with Gasteiger partial charge in [0.25, 0.3) is 0 Å². The van der Waals surface area contributed by atoms with E-state index in [0.29, 0.717) is 19.3 Å². The molecule has 0 aromatic heterocycles. The van der Waals surface area contributed by atoms with Crippen molar-refractivity contribution in [1.29, 1.82) is 0 Å². The van der Waals surface area contributed by atoms with Crippen molar-refractivity contribution in [2.45, 2.75) is 229 Å². The Labute approximate surface area is 400 Å². The second-order valence-electron chi connectivity index (χ2n) is 17.6. The predicted octanol–water partition coefficient (Wildman–Crippen LogP) is 6.88. The Morgan fingerprint density at radius 1 is 0.478 bits per heavy atom. The molecule has 0 radical (unpaired) electrons. The lowest BCUT2D eigenvalue weighted by atomic mass is 9.98. The van der Waals surface area contributed by atoms with Crippen LogP contribution in [0.15, 0.2) is 60.8 Å². The molecule has 2 heterocycles. The molecule has 386 valence electrons. The molecule has 11 atom stereocenters. The van der Waals surface area contributed by atoms with E-state index in [-0.39, 0.29) is 19.4 Å². The van der Waals surface area contributed by atoms with Gasteiger partial charge in [0, 0.05) is 12.8 Å². The molecule has 0 aromatic rings. The number of esters is 2. The maximum atomic E-state index is 13.0. The highest BCUT2D eigenvalue weighted by molar-refractivity contribution is 5.70. The number of ether oxygens (including phenoxy) is 6. The van der Waals surface area contributed by atoms with Crippen molar-refractivity contribution in [3.8, 4) is 0 Å². The van der Waals surface area contributed by atoms with Crippen LogP contribution in [-0.2, 0) is 38.0 Å². The Bertz CT molecular complexity index is 1400. The molecule has 2 aliphatic heterocycles. The van der Waals surface area contributed by atoms with Gasteiger partial charge in [-0.2, -0.15) is 0 Å². The van der Waals surface area contributed by atoms with Crippen LogP contribution in [0, 0.1) is 0 Å². The molecule has 0 saturated carbocycles. The number of aliphatic hydroxyl groups excluding tert-OH is 7. The van der Waals surface area contributed by atoms with Gasteiger partial charge in [0.15, 0.2) is 18.7 Å². The maximum Gasteiger partial charge on any atom is 0.306 e. The number of hydrogen-bond acceptors (Lipinski definition) is 15. The van der Waals surface area contributed by atoms with Gasteiger partial charge in [-0.25, -0.2) is 0 Å². The van der Waals surface area contributed by atoms with E-state index < -0.39 is 99.3 Å². The third-order valence-electron chi connectivity index (χ3n) is 11.7. The number of allylic oxidation sites excluding steroid dienone is 10. The number of carbonyl (C=O) groups is 2. The first kappa shape index (κ1) is 60.3. The summed E-state index contributed by atoms with van der Waals surface area (Å²) in [6, 6.07) is 0. The van der Waals surface area contributed by atoms with Crippen LogP contribution in [0.25, 0.3) is 0 Å². The summed E-state index contributed by atoms with van der Waals surface area (Å²) in [5.74, 6) is -1.01. The summed E-state index contributed by atoms with van der Waals surface area (Å²) in [7, 11) is 0. The summed E-state index contributed by atoms with van der Waals surface area (Å²) in [5.41, 5.74) is 0. The Morgan fingerprint density at radius 3 is 1.49 bits per heavy atom. The molecular weight excluding hydrogens is 865 g/mol. The van der Waals surface area contributed by atoms with Gasteiger partial charge in [-0.1, -0.05) is 139 Å². The van der Waals surface area contributed by atoms with Crippen LogP contribution in [-0.4, -0.2) is 142 Å². The van der Waals surface area contributed by atoms with E-state index in [1.165, 1.54) is 51.4 Å². The van der Waals surface area contributed by atoms with E-state index >= 15 is 0 Å². The van der Waals surface area contributed by atoms with Crippen LogP contribution in [0.4, 0.5) is 0 Å². The highest BCUT2D eigenvalue weighted by Gasteiger charge is 2.47. The molecule has 0 bridgehead atoms. The molecule has 2 rings (SSSR count). The fourth-order valence-electron chi connectivity index (χ4n) is 7.48. The van der Waals surface area contributed by atoms with E-state index in [2.05, 4.69) is 68.5 Å². The Morgan fingerprint density at radius 2 is 0.925 bits per heavy atom. The molecule has 0 amide bonds. The first-order chi connectivity index (χ1) is 32.5. The Balaban J connectivity index is 1.85. The molecule has 2 saturated heterocycles. The molecule has 0 spiro atoms.